The number of nitrogens with two attached hydrogens (primary N) is 1. The molecule has 0 saturated heterocycles. The van der Waals surface area contributed by atoms with Gasteiger partial charge in [-0.1, -0.05) is 56.8 Å². The van der Waals surface area contributed by atoms with Gasteiger partial charge in [-0.2, -0.15) is 0 Å². The van der Waals surface area contributed by atoms with Crippen molar-refractivity contribution in [3.05, 3.63) is 64.2 Å². The molecule has 2 aromatic rings. The highest BCUT2D eigenvalue weighted by molar-refractivity contribution is 8.13. The molecule has 2 N–H and O–H groups in total. The molecule has 0 aliphatic carbocycles. The molecule has 0 bridgehead atoms. The van der Waals surface area contributed by atoms with Crippen LogP contribution in [0, 0.1) is 20.8 Å². The van der Waals surface area contributed by atoms with E-state index < -0.39 is 0 Å². The summed E-state index contributed by atoms with van der Waals surface area (Å²) in [7, 11) is 0. The number of rotatable bonds is 3. The molecule has 0 aliphatic rings. The predicted molar refractivity (Wildman–Crippen MR) is 108 cm³/mol. The summed E-state index contributed by atoms with van der Waals surface area (Å²) in [5.41, 5.74) is 13.8. The molecule has 128 valence electrons. The molecule has 3 heteroatoms. The average Bonchev–Trinajstić information content (AvgIpc) is 2.45. The van der Waals surface area contributed by atoms with Crippen LogP contribution in [0.2, 0.25) is 0 Å². The van der Waals surface area contributed by atoms with Crippen LogP contribution in [0.5, 0.6) is 0 Å². The topological polar surface area (TPSA) is 38.4 Å². The monoisotopic (exact) mass is 340 g/mol. The van der Waals surface area contributed by atoms with Crippen molar-refractivity contribution >= 4 is 22.6 Å². The maximum absolute atomic E-state index is 6.12. The van der Waals surface area contributed by atoms with Gasteiger partial charge in [-0.05, 0) is 66.1 Å². The number of amidine groups is 1. The zero-order chi connectivity index (χ0) is 17.9. The van der Waals surface area contributed by atoms with Gasteiger partial charge in [-0.25, -0.2) is 4.99 Å². The van der Waals surface area contributed by atoms with Crippen LogP contribution in [0.15, 0.2) is 41.4 Å². The van der Waals surface area contributed by atoms with Gasteiger partial charge in [0.05, 0.1) is 5.69 Å². The molecule has 2 nitrogen and oxygen atoms in total. The summed E-state index contributed by atoms with van der Waals surface area (Å²) in [6, 6.07) is 12.7. The van der Waals surface area contributed by atoms with Gasteiger partial charge >= 0.3 is 0 Å². The second-order valence-corrected chi connectivity index (χ2v) is 8.41. The number of thioether (sulfide) groups is 1. The summed E-state index contributed by atoms with van der Waals surface area (Å²) >= 11 is 1.60. The molecule has 0 fully saturated rings. The highest BCUT2D eigenvalue weighted by Gasteiger charge is 2.16. The summed E-state index contributed by atoms with van der Waals surface area (Å²) in [4.78, 5) is 4.51. The zero-order valence-corrected chi connectivity index (χ0v) is 16.4. The van der Waals surface area contributed by atoms with Crippen molar-refractivity contribution in [2.24, 2.45) is 10.7 Å². The SMILES string of the molecule is Cc1cccc(N=C(N)SCc2c(C)cc(C(C)(C)C)cc2C)c1. The Morgan fingerprint density at radius 1 is 1.04 bits per heavy atom. The zero-order valence-electron chi connectivity index (χ0n) is 15.6. The first-order valence-electron chi connectivity index (χ1n) is 8.31. The van der Waals surface area contributed by atoms with E-state index in [1.807, 2.05) is 18.2 Å². The number of hydrogen-bond donors (Lipinski definition) is 1. The molecular formula is C21H28N2S. The first-order valence-corrected chi connectivity index (χ1v) is 9.29. The van der Waals surface area contributed by atoms with Crippen LogP contribution in [0.1, 0.15) is 48.6 Å². The van der Waals surface area contributed by atoms with Crippen LogP contribution in [-0.4, -0.2) is 5.17 Å². The van der Waals surface area contributed by atoms with Crippen molar-refractivity contribution in [2.45, 2.75) is 52.7 Å². The summed E-state index contributed by atoms with van der Waals surface area (Å²) in [6.07, 6.45) is 0. The van der Waals surface area contributed by atoms with Crippen molar-refractivity contribution in [3.63, 3.8) is 0 Å². The highest BCUT2D eigenvalue weighted by atomic mass is 32.2. The molecule has 24 heavy (non-hydrogen) atoms. The first-order chi connectivity index (χ1) is 11.2. The van der Waals surface area contributed by atoms with Gasteiger partial charge in [0.1, 0.15) is 0 Å². The summed E-state index contributed by atoms with van der Waals surface area (Å²) < 4.78 is 0. The fourth-order valence-corrected chi connectivity index (χ4v) is 3.57. The van der Waals surface area contributed by atoms with Crippen molar-refractivity contribution in [3.8, 4) is 0 Å². The Morgan fingerprint density at radius 3 is 2.21 bits per heavy atom. The maximum atomic E-state index is 6.12. The molecule has 0 saturated carbocycles. The van der Waals surface area contributed by atoms with Crippen molar-refractivity contribution in [1.82, 2.24) is 0 Å². The van der Waals surface area contributed by atoms with Gasteiger partial charge in [-0.15, -0.1) is 0 Å². The smallest absolute Gasteiger partial charge is 0.159 e. The summed E-state index contributed by atoms with van der Waals surface area (Å²) in [5.74, 6) is 0.850. The highest BCUT2D eigenvalue weighted by Crippen LogP contribution is 2.29. The minimum absolute atomic E-state index is 0.173. The van der Waals surface area contributed by atoms with Gasteiger partial charge in [-0.3, -0.25) is 0 Å². The normalized spacial score (nSPS) is 12.5. The summed E-state index contributed by atoms with van der Waals surface area (Å²) in [6.45, 7) is 13.2. The largest absolute Gasteiger partial charge is 0.378 e. The van der Waals surface area contributed by atoms with Crippen LogP contribution in [0.4, 0.5) is 5.69 Å². The van der Waals surface area contributed by atoms with Crippen molar-refractivity contribution < 1.29 is 0 Å². The van der Waals surface area contributed by atoms with E-state index in [9.17, 15) is 0 Å². The molecule has 2 aromatic carbocycles. The molecular weight excluding hydrogens is 312 g/mol. The molecule has 0 heterocycles. The lowest BCUT2D eigenvalue weighted by molar-refractivity contribution is 0.589. The van der Waals surface area contributed by atoms with Crippen LogP contribution < -0.4 is 5.73 Å². The van der Waals surface area contributed by atoms with Crippen LogP contribution >= 0.6 is 11.8 Å². The Morgan fingerprint density at radius 2 is 1.67 bits per heavy atom. The van der Waals surface area contributed by atoms with Crippen molar-refractivity contribution in [2.75, 3.05) is 0 Å². The van der Waals surface area contributed by atoms with Gasteiger partial charge in [0, 0.05) is 5.75 Å². The lowest BCUT2D eigenvalue weighted by Crippen LogP contribution is -2.13. The fourth-order valence-electron chi connectivity index (χ4n) is 2.66. The number of aryl methyl sites for hydroxylation is 3. The third kappa shape index (κ3) is 4.88. The van der Waals surface area contributed by atoms with E-state index in [1.54, 1.807) is 11.8 Å². The number of aliphatic imine (C=N–C) groups is 1. The average molecular weight is 341 g/mol. The maximum Gasteiger partial charge on any atom is 0.159 e. The fraction of sp³-hybridized carbons (Fsp3) is 0.381. The Labute approximate surface area is 150 Å². The Kier molecular flexibility index (Phi) is 5.76. The first kappa shape index (κ1) is 18.6. The van der Waals surface area contributed by atoms with Crippen LogP contribution in [-0.2, 0) is 11.2 Å². The van der Waals surface area contributed by atoms with E-state index in [0.29, 0.717) is 5.17 Å². The predicted octanol–water partition coefficient (Wildman–Crippen LogP) is 5.79. The third-order valence-electron chi connectivity index (χ3n) is 4.17. The third-order valence-corrected chi connectivity index (χ3v) is 4.99. The lowest BCUT2D eigenvalue weighted by atomic mass is 9.84. The molecule has 2 rings (SSSR count). The molecule has 0 amide bonds. The van der Waals surface area contributed by atoms with Gasteiger partial charge in [0.2, 0.25) is 0 Å². The van der Waals surface area contributed by atoms with Crippen molar-refractivity contribution in [1.29, 1.82) is 0 Å². The van der Waals surface area contributed by atoms with E-state index in [2.05, 4.69) is 64.7 Å². The quantitative estimate of drug-likeness (QED) is 0.567. The molecule has 0 unspecified atom stereocenters. The summed E-state index contributed by atoms with van der Waals surface area (Å²) in [5, 5.41) is 0.610. The van der Waals surface area contributed by atoms with E-state index in [4.69, 9.17) is 5.73 Å². The van der Waals surface area contributed by atoms with E-state index in [0.717, 1.165) is 11.4 Å². The van der Waals surface area contributed by atoms with Crippen LogP contribution in [0.25, 0.3) is 0 Å². The number of hydrogen-bond acceptors (Lipinski definition) is 2. The molecule has 0 radical (unpaired) electrons. The Balaban J connectivity index is 2.14. The minimum atomic E-state index is 0.173. The number of nitrogens with zero attached hydrogens (tertiary/aromatic N) is 1. The Bertz CT molecular complexity index is 732. The molecule has 0 atom stereocenters. The molecule has 0 aromatic heterocycles. The van der Waals surface area contributed by atoms with Gasteiger partial charge in [0.25, 0.3) is 0 Å². The van der Waals surface area contributed by atoms with Crippen LogP contribution in [0.3, 0.4) is 0 Å². The van der Waals surface area contributed by atoms with E-state index in [1.165, 1.54) is 27.8 Å². The second kappa shape index (κ2) is 7.43. The second-order valence-electron chi connectivity index (χ2n) is 7.42. The lowest BCUT2D eigenvalue weighted by Gasteiger charge is -2.22. The van der Waals surface area contributed by atoms with E-state index >= 15 is 0 Å². The van der Waals surface area contributed by atoms with Gasteiger partial charge in [0.15, 0.2) is 5.17 Å². The molecule has 0 aliphatic heterocycles. The standard InChI is InChI=1S/C21H28N2S/c1-14-8-7-9-18(10-14)23-20(22)24-13-19-15(2)11-17(12-16(19)3)21(4,5)6/h7-12H,13H2,1-6H3,(H2,22,23). The van der Waals surface area contributed by atoms with Gasteiger partial charge < -0.3 is 5.73 Å². The van der Waals surface area contributed by atoms with E-state index in [-0.39, 0.29) is 5.41 Å². The Hall–Kier alpha value is -1.74. The molecule has 0 spiro atoms. The number of benzene rings is 2. The minimum Gasteiger partial charge on any atom is -0.378 e.